The third-order valence-corrected chi connectivity index (χ3v) is 3.27. The Morgan fingerprint density at radius 3 is 2.19 bits per heavy atom. The minimum absolute atomic E-state index is 0.0528. The van der Waals surface area contributed by atoms with Crippen molar-refractivity contribution < 1.29 is 39.2 Å². The molecule has 10 heteroatoms. The van der Waals surface area contributed by atoms with E-state index in [1.807, 2.05) is 0 Å². The van der Waals surface area contributed by atoms with Crippen molar-refractivity contribution in [2.24, 2.45) is 0 Å². The summed E-state index contributed by atoms with van der Waals surface area (Å²) >= 11 is 0. The second-order valence-electron chi connectivity index (χ2n) is 5.27. The molecule has 0 unspecified atom stereocenters. The molecule has 1 aromatic rings. The van der Waals surface area contributed by atoms with Crippen LogP contribution in [-0.4, -0.2) is 57.9 Å². The molecule has 0 saturated carbocycles. The van der Waals surface area contributed by atoms with Crippen LogP contribution in [-0.2, 0) is 25.7 Å². The number of rotatable bonds is 10. The molecule has 0 aromatic heterocycles. The van der Waals surface area contributed by atoms with Crippen LogP contribution in [0.5, 0.6) is 0 Å². The van der Waals surface area contributed by atoms with E-state index in [1.165, 1.54) is 0 Å². The smallest absolute Gasteiger partial charge is 0.408 e. The van der Waals surface area contributed by atoms with Crippen molar-refractivity contribution in [3.8, 4) is 0 Å². The summed E-state index contributed by atoms with van der Waals surface area (Å²) in [6.07, 6.45) is -1.78. The Bertz CT molecular complexity index is 634. The number of aliphatic hydroxyl groups excluding tert-OH is 1. The van der Waals surface area contributed by atoms with Gasteiger partial charge in [0.15, 0.2) is 0 Å². The fourth-order valence-corrected chi connectivity index (χ4v) is 1.90. The van der Waals surface area contributed by atoms with Crippen molar-refractivity contribution in [1.82, 2.24) is 10.6 Å². The van der Waals surface area contributed by atoms with E-state index >= 15 is 0 Å². The predicted octanol–water partition coefficient (Wildman–Crippen LogP) is -0.292. The van der Waals surface area contributed by atoms with Crippen LogP contribution in [0.4, 0.5) is 4.79 Å². The number of carbonyl (C=O) groups is 4. The molecule has 0 fully saturated rings. The zero-order valence-electron chi connectivity index (χ0n) is 13.8. The van der Waals surface area contributed by atoms with Gasteiger partial charge in [-0.1, -0.05) is 30.3 Å². The lowest BCUT2D eigenvalue weighted by molar-refractivity contribution is -0.143. The highest BCUT2D eigenvalue weighted by molar-refractivity contribution is 5.89. The Balaban J connectivity index is 2.54. The third kappa shape index (κ3) is 7.62. The molecule has 5 N–H and O–H groups in total. The first-order chi connectivity index (χ1) is 12.3. The molecular weight excluding hydrogens is 348 g/mol. The van der Waals surface area contributed by atoms with Crippen LogP contribution in [0, 0.1) is 0 Å². The summed E-state index contributed by atoms with van der Waals surface area (Å²) in [7, 11) is 0. The van der Waals surface area contributed by atoms with E-state index < -0.39 is 49.1 Å². The molecular formula is C16H20N2O8. The molecule has 0 heterocycles. The summed E-state index contributed by atoms with van der Waals surface area (Å²) in [4.78, 5) is 45.3. The Morgan fingerprint density at radius 1 is 1.00 bits per heavy atom. The number of amides is 2. The molecule has 0 saturated heterocycles. The van der Waals surface area contributed by atoms with E-state index in [0.29, 0.717) is 5.56 Å². The Labute approximate surface area is 148 Å². The molecule has 0 aliphatic heterocycles. The minimum atomic E-state index is -1.46. The van der Waals surface area contributed by atoms with Gasteiger partial charge >= 0.3 is 18.0 Å². The van der Waals surface area contributed by atoms with Gasteiger partial charge in [0.25, 0.3) is 0 Å². The molecule has 10 nitrogen and oxygen atoms in total. The lowest BCUT2D eigenvalue weighted by Crippen LogP contribution is -2.53. The number of aliphatic hydroxyl groups is 1. The maximum Gasteiger partial charge on any atom is 0.408 e. The van der Waals surface area contributed by atoms with E-state index in [2.05, 4.69) is 10.6 Å². The van der Waals surface area contributed by atoms with Gasteiger partial charge in [0, 0.05) is 6.42 Å². The van der Waals surface area contributed by atoms with Gasteiger partial charge in [0.2, 0.25) is 5.91 Å². The van der Waals surface area contributed by atoms with Crippen molar-refractivity contribution in [1.29, 1.82) is 0 Å². The summed E-state index contributed by atoms with van der Waals surface area (Å²) in [6.45, 7) is -0.847. The Kier molecular flexibility index (Phi) is 8.58. The summed E-state index contributed by atoms with van der Waals surface area (Å²) in [6, 6.07) is 5.85. The van der Waals surface area contributed by atoms with E-state index in [9.17, 15) is 24.3 Å². The topological polar surface area (TPSA) is 162 Å². The zero-order valence-corrected chi connectivity index (χ0v) is 13.8. The van der Waals surface area contributed by atoms with Crippen LogP contribution in [0.25, 0.3) is 0 Å². The number of aliphatic carboxylic acids is 2. The van der Waals surface area contributed by atoms with Crippen molar-refractivity contribution in [3.05, 3.63) is 35.9 Å². The summed E-state index contributed by atoms with van der Waals surface area (Å²) in [5.74, 6) is -3.61. The minimum Gasteiger partial charge on any atom is -0.481 e. The first kappa shape index (κ1) is 20.9. The molecule has 0 radical (unpaired) electrons. The van der Waals surface area contributed by atoms with Crippen LogP contribution in [0.15, 0.2) is 30.3 Å². The molecule has 1 aromatic carbocycles. The largest absolute Gasteiger partial charge is 0.481 e. The molecule has 0 aliphatic carbocycles. The number of ether oxygens (including phenoxy) is 1. The van der Waals surface area contributed by atoms with Gasteiger partial charge in [-0.2, -0.15) is 0 Å². The van der Waals surface area contributed by atoms with Crippen LogP contribution < -0.4 is 10.6 Å². The molecule has 2 atom stereocenters. The SMILES string of the molecule is O=C(O)CC[C@@H](NC(=O)[C@H](CO)NC(=O)OCc1ccccc1)C(=O)O. The van der Waals surface area contributed by atoms with Gasteiger partial charge < -0.3 is 30.7 Å². The first-order valence-electron chi connectivity index (χ1n) is 7.66. The van der Waals surface area contributed by atoms with Crippen molar-refractivity contribution in [2.45, 2.75) is 31.5 Å². The molecule has 0 bridgehead atoms. The standard InChI is InChI=1S/C16H20N2O8/c19-8-12(14(22)17-11(15(23)24)6-7-13(20)21)18-16(25)26-9-10-4-2-1-3-5-10/h1-5,11-12,19H,6-9H2,(H,17,22)(H,18,25)(H,20,21)(H,23,24)/t11-,12+/m1/s1. The number of hydrogen-bond donors (Lipinski definition) is 5. The van der Waals surface area contributed by atoms with Gasteiger partial charge in [0.05, 0.1) is 6.61 Å². The molecule has 1 rings (SSSR count). The van der Waals surface area contributed by atoms with Gasteiger partial charge in [-0.3, -0.25) is 9.59 Å². The van der Waals surface area contributed by atoms with Crippen LogP contribution in [0.1, 0.15) is 18.4 Å². The van der Waals surface area contributed by atoms with Gasteiger partial charge in [-0.15, -0.1) is 0 Å². The maximum absolute atomic E-state index is 12.0. The second kappa shape index (κ2) is 10.7. The normalized spacial score (nSPS) is 12.5. The van der Waals surface area contributed by atoms with Crippen molar-refractivity contribution in [3.63, 3.8) is 0 Å². The summed E-state index contributed by atoms with van der Waals surface area (Å²) in [5, 5.41) is 31.0. The summed E-state index contributed by atoms with van der Waals surface area (Å²) in [5.41, 5.74) is 0.715. The van der Waals surface area contributed by atoms with Crippen LogP contribution in [0.2, 0.25) is 0 Å². The predicted molar refractivity (Wildman–Crippen MR) is 87.1 cm³/mol. The number of alkyl carbamates (subject to hydrolysis) is 1. The maximum atomic E-state index is 12.0. The van der Waals surface area contributed by atoms with Crippen LogP contribution in [0.3, 0.4) is 0 Å². The number of hydrogen-bond acceptors (Lipinski definition) is 6. The highest BCUT2D eigenvalue weighted by Gasteiger charge is 2.26. The number of nitrogens with one attached hydrogen (secondary N) is 2. The quantitative estimate of drug-likeness (QED) is 0.376. The highest BCUT2D eigenvalue weighted by Crippen LogP contribution is 2.02. The van der Waals surface area contributed by atoms with Crippen LogP contribution >= 0.6 is 0 Å². The molecule has 0 spiro atoms. The Morgan fingerprint density at radius 2 is 1.65 bits per heavy atom. The highest BCUT2D eigenvalue weighted by atomic mass is 16.5. The van der Waals surface area contributed by atoms with Gasteiger partial charge in [-0.05, 0) is 12.0 Å². The van der Waals surface area contributed by atoms with E-state index in [4.69, 9.17) is 14.9 Å². The number of carboxylic acid groups (broad SMARTS) is 2. The lowest BCUT2D eigenvalue weighted by Gasteiger charge is -2.19. The zero-order chi connectivity index (χ0) is 19.5. The number of benzene rings is 1. The lowest BCUT2D eigenvalue weighted by atomic mass is 10.1. The molecule has 142 valence electrons. The van der Waals surface area contributed by atoms with Crippen molar-refractivity contribution >= 4 is 23.9 Å². The summed E-state index contributed by atoms with van der Waals surface area (Å²) < 4.78 is 4.91. The number of carboxylic acids is 2. The fraction of sp³-hybridized carbons (Fsp3) is 0.375. The Hall–Kier alpha value is -3.14. The van der Waals surface area contributed by atoms with E-state index in [1.54, 1.807) is 30.3 Å². The van der Waals surface area contributed by atoms with Crippen molar-refractivity contribution in [2.75, 3.05) is 6.61 Å². The van der Waals surface area contributed by atoms with E-state index in [0.717, 1.165) is 0 Å². The second-order valence-corrected chi connectivity index (χ2v) is 5.27. The average Bonchev–Trinajstić information content (AvgIpc) is 2.61. The van der Waals surface area contributed by atoms with E-state index in [-0.39, 0.29) is 13.0 Å². The molecule has 2 amide bonds. The fourth-order valence-electron chi connectivity index (χ4n) is 1.90. The molecule has 26 heavy (non-hydrogen) atoms. The van der Waals surface area contributed by atoms with Gasteiger partial charge in [-0.25, -0.2) is 9.59 Å². The average molecular weight is 368 g/mol. The number of carbonyl (C=O) groups excluding carboxylic acids is 2. The monoisotopic (exact) mass is 368 g/mol. The molecule has 0 aliphatic rings. The first-order valence-corrected chi connectivity index (χ1v) is 7.66. The third-order valence-electron chi connectivity index (χ3n) is 3.27. The van der Waals surface area contributed by atoms with Gasteiger partial charge in [0.1, 0.15) is 18.7 Å².